The van der Waals surface area contributed by atoms with Gasteiger partial charge in [0.1, 0.15) is 6.29 Å². The van der Waals surface area contributed by atoms with E-state index in [9.17, 15) is 4.79 Å². The highest BCUT2D eigenvalue weighted by atomic mass is 32.1. The normalized spacial score (nSPS) is 12.3. The van der Waals surface area contributed by atoms with Gasteiger partial charge in [0, 0.05) is 4.70 Å². The van der Waals surface area contributed by atoms with Crippen LogP contribution < -0.4 is 0 Å². The lowest BCUT2D eigenvalue weighted by atomic mass is 10.0. The van der Waals surface area contributed by atoms with Crippen LogP contribution in [0.5, 0.6) is 0 Å². The van der Waals surface area contributed by atoms with E-state index >= 15 is 0 Å². The van der Waals surface area contributed by atoms with Gasteiger partial charge in [0.2, 0.25) is 0 Å². The average Bonchev–Trinajstić information content (AvgIpc) is 2.69. The Kier molecular flexibility index (Phi) is 3.20. The van der Waals surface area contributed by atoms with Gasteiger partial charge in [0.05, 0.1) is 0 Å². The Morgan fingerprint density at radius 2 is 2.06 bits per heavy atom. The van der Waals surface area contributed by atoms with E-state index in [1.807, 2.05) is 32.1 Å². The van der Waals surface area contributed by atoms with E-state index in [1.54, 1.807) is 11.3 Å². The van der Waals surface area contributed by atoms with Crippen LogP contribution in [0.15, 0.2) is 35.2 Å². The van der Waals surface area contributed by atoms with Crippen LogP contribution in [0.2, 0.25) is 0 Å². The molecule has 2 heteroatoms. The number of thiophene rings is 1. The lowest BCUT2D eigenvalue weighted by Crippen LogP contribution is -1.94. The van der Waals surface area contributed by atoms with Crippen LogP contribution in [0.4, 0.5) is 0 Å². The fraction of sp³-hybridized carbons (Fsp3) is 0.214. The summed E-state index contributed by atoms with van der Waals surface area (Å²) in [7, 11) is 0. The van der Waals surface area contributed by atoms with E-state index < -0.39 is 0 Å². The first-order valence-corrected chi connectivity index (χ1v) is 6.23. The summed E-state index contributed by atoms with van der Waals surface area (Å²) in [5.74, 6) is 0.274. The molecule has 1 heterocycles. The molecule has 0 fully saturated rings. The molecule has 0 saturated carbocycles. The number of allylic oxidation sites excluding steroid dienone is 1. The third-order valence-corrected chi connectivity index (χ3v) is 3.62. The monoisotopic (exact) mass is 230 g/mol. The molecule has 0 N–H and O–H groups in total. The molecule has 16 heavy (non-hydrogen) atoms. The number of fused-ring (bicyclic) bond motifs is 1. The highest BCUT2D eigenvalue weighted by molar-refractivity contribution is 7.17. The molecule has 0 radical (unpaired) electrons. The molecular weight excluding hydrogens is 216 g/mol. The highest BCUT2D eigenvalue weighted by Crippen LogP contribution is 2.28. The molecule has 0 aliphatic heterocycles. The lowest BCUT2D eigenvalue weighted by molar-refractivity contribution is -0.105. The van der Waals surface area contributed by atoms with Crippen LogP contribution in [0, 0.1) is 5.92 Å². The second-order valence-corrected chi connectivity index (χ2v) is 5.02. The van der Waals surface area contributed by atoms with Crippen LogP contribution in [-0.4, -0.2) is 6.29 Å². The highest BCUT2D eigenvalue weighted by Gasteiger charge is 2.05. The van der Waals surface area contributed by atoms with Crippen molar-refractivity contribution < 1.29 is 4.79 Å². The van der Waals surface area contributed by atoms with Crippen LogP contribution >= 0.6 is 11.3 Å². The number of carbonyl (C=O) groups excluding carboxylic acids is 1. The molecule has 1 aromatic heterocycles. The number of hydrogen-bond donors (Lipinski definition) is 0. The molecular formula is C14H14OS. The van der Waals surface area contributed by atoms with Crippen LogP contribution in [0.1, 0.15) is 19.4 Å². The van der Waals surface area contributed by atoms with Crippen molar-refractivity contribution in [3.05, 3.63) is 40.8 Å². The molecule has 1 aromatic carbocycles. The van der Waals surface area contributed by atoms with E-state index in [-0.39, 0.29) is 5.92 Å². The first-order valence-electron chi connectivity index (χ1n) is 5.35. The lowest BCUT2D eigenvalue weighted by Gasteiger charge is -2.02. The maximum atomic E-state index is 10.9. The number of benzene rings is 1. The van der Waals surface area contributed by atoms with Crippen molar-refractivity contribution in [2.24, 2.45) is 5.92 Å². The third kappa shape index (κ3) is 2.07. The van der Waals surface area contributed by atoms with E-state index in [4.69, 9.17) is 0 Å². The largest absolute Gasteiger partial charge is 0.298 e. The second-order valence-electron chi connectivity index (χ2n) is 4.10. The smallest absolute Gasteiger partial charge is 0.146 e. The van der Waals surface area contributed by atoms with Gasteiger partial charge < -0.3 is 0 Å². The molecule has 0 aliphatic carbocycles. The van der Waals surface area contributed by atoms with Gasteiger partial charge in [0.25, 0.3) is 0 Å². The average molecular weight is 230 g/mol. The van der Waals surface area contributed by atoms with Gasteiger partial charge in [-0.2, -0.15) is 0 Å². The fourth-order valence-corrected chi connectivity index (χ4v) is 2.55. The Morgan fingerprint density at radius 3 is 2.75 bits per heavy atom. The topological polar surface area (TPSA) is 17.1 Å². The van der Waals surface area contributed by atoms with E-state index in [0.717, 1.165) is 17.4 Å². The molecule has 2 aromatic rings. The Morgan fingerprint density at radius 1 is 1.31 bits per heavy atom. The van der Waals surface area contributed by atoms with Crippen molar-refractivity contribution in [1.29, 1.82) is 0 Å². The predicted octanol–water partition coefficient (Wildman–Crippen LogP) is 4.14. The van der Waals surface area contributed by atoms with E-state index in [0.29, 0.717) is 0 Å². The van der Waals surface area contributed by atoms with Crippen molar-refractivity contribution in [2.45, 2.75) is 13.8 Å². The molecule has 0 atom stereocenters. The first-order chi connectivity index (χ1) is 7.72. The minimum atomic E-state index is 0.274. The van der Waals surface area contributed by atoms with Crippen LogP contribution in [0.25, 0.3) is 16.2 Å². The van der Waals surface area contributed by atoms with Gasteiger partial charge in [-0.3, -0.25) is 4.79 Å². The molecule has 82 valence electrons. The minimum Gasteiger partial charge on any atom is -0.298 e. The van der Waals surface area contributed by atoms with Crippen molar-refractivity contribution in [3.63, 3.8) is 0 Å². The van der Waals surface area contributed by atoms with Gasteiger partial charge >= 0.3 is 0 Å². The predicted molar refractivity (Wildman–Crippen MR) is 70.7 cm³/mol. The van der Waals surface area contributed by atoms with Gasteiger partial charge in [-0.1, -0.05) is 32.0 Å². The molecule has 0 saturated heterocycles. The Balaban J connectivity index is 2.52. The zero-order chi connectivity index (χ0) is 11.5. The summed E-state index contributed by atoms with van der Waals surface area (Å²) in [6.45, 7) is 4.07. The molecule has 0 bridgehead atoms. The summed E-state index contributed by atoms with van der Waals surface area (Å²) in [6, 6.07) is 8.27. The Hall–Kier alpha value is -1.41. The number of aldehydes is 1. The summed E-state index contributed by atoms with van der Waals surface area (Å²) in [5, 5.41) is 3.34. The molecule has 2 rings (SSSR count). The molecule has 1 nitrogen and oxygen atoms in total. The second kappa shape index (κ2) is 4.62. The quantitative estimate of drug-likeness (QED) is 0.572. The van der Waals surface area contributed by atoms with Crippen LogP contribution in [-0.2, 0) is 4.79 Å². The van der Waals surface area contributed by atoms with E-state index in [1.165, 1.54) is 10.1 Å². The zero-order valence-corrected chi connectivity index (χ0v) is 10.3. The number of hydrogen-bond acceptors (Lipinski definition) is 2. The van der Waals surface area contributed by atoms with E-state index in [2.05, 4.69) is 17.5 Å². The number of rotatable bonds is 3. The van der Waals surface area contributed by atoms with Gasteiger partial charge in [-0.05, 0) is 40.0 Å². The zero-order valence-electron chi connectivity index (χ0n) is 9.44. The van der Waals surface area contributed by atoms with Gasteiger partial charge in [0.15, 0.2) is 0 Å². The Bertz CT molecular complexity index is 534. The van der Waals surface area contributed by atoms with Crippen LogP contribution in [0.3, 0.4) is 0 Å². The van der Waals surface area contributed by atoms with Gasteiger partial charge in [-0.15, -0.1) is 11.3 Å². The van der Waals surface area contributed by atoms with Crippen molar-refractivity contribution in [2.75, 3.05) is 0 Å². The maximum absolute atomic E-state index is 10.9. The van der Waals surface area contributed by atoms with Crippen molar-refractivity contribution in [1.82, 2.24) is 0 Å². The summed E-state index contributed by atoms with van der Waals surface area (Å²) < 4.78 is 1.27. The molecule has 0 amide bonds. The Labute approximate surface area is 99.4 Å². The SMILES string of the molecule is CC(C)C(C=O)=Cc1csc2ccccc12. The fourth-order valence-electron chi connectivity index (χ4n) is 1.63. The standard InChI is InChI=1S/C14H14OS/c1-10(2)11(8-15)7-12-9-16-14-6-4-3-5-13(12)14/h3-10H,1-2H3. The van der Waals surface area contributed by atoms with Crippen molar-refractivity contribution >= 4 is 33.8 Å². The molecule has 0 unspecified atom stereocenters. The maximum Gasteiger partial charge on any atom is 0.146 e. The summed E-state index contributed by atoms with van der Waals surface area (Å²) in [4.78, 5) is 10.9. The number of carbonyl (C=O) groups is 1. The summed E-state index contributed by atoms with van der Waals surface area (Å²) in [6.07, 6.45) is 2.95. The molecule has 0 spiro atoms. The summed E-state index contributed by atoms with van der Waals surface area (Å²) >= 11 is 1.72. The summed E-state index contributed by atoms with van der Waals surface area (Å²) in [5.41, 5.74) is 2.00. The minimum absolute atomic E-state index is 0.274. The third-order valence-electron chi connectivity index (χ3n) is 2.64. The van der Waals surface area contributed by atoms with Crippen molar-refractivity contribution in [3.8, 4) is 0 Å². The first kappa shape index (κ1) is 11.1. The molecule has 0 aliphatic rings. The van der Waals surface area contributed by atoms with Gasteiger partial charge in [-0.25, -0.2) is 0 Å².